The zero-order chi connectivity index (χ0) is 21.4. The van der Waals surface area contributed by atoms with E-state index in [2.05, 4.69) is 38.0 Å². The summed E-state index contributed by atoms with van der Waals surface area (Å²) in [5.41, 5.74) is 3.58. The van der Waals surface area contributed by atoms with Crippen LogP contribution >= 0.6 is 15.9 Å². The van der Waals surface area contributed by atoms with Crippen LogP contribution < -0.4 is 0 Å². The lowest BCUT2D eigenvalue weighted by Crippen LogP contribution is -1.91. The van der Waals surface area contributed by atoms with Crippen molar-refractivity contribution in [3.05, 3.63) is 99.0 Å². The number of oxazole rings is 1. The molecule has 0 saturated carbocycles. The van der Waals surface area contributed by atoms with Crippen molar-refractivity contribution in [2.75, 3.05) is 0 Å². The third-order valence-electron chi connectivity index (χ3n) is 4.92. The van der Waals surface area contributed by atoms with Crippen molar-refractivity contribution >= 4 is 55.4 Å². The number of benzene rings is 4. The van der Waals surface area contributed by atoms with Crippen molar-refractivity contribution in [3.63, 3.8) is 0 Å². The van der Waals surface area contributed by atoms with E-state index in [-0.39, 0.29) is 5.69 Å². The van der Waals surface area contributed by atoms with Gasteiger partial charge in [0.2, 0.25) is 5.89 Å². The van der Waals surface area contributed by atoms with E-state index in [1.165, 1.54) is 6.07 Å². The summed E-state index contributed by atoms with van der Waals surface area (Å²) < 4.78 is 6.47. The van der Waals surface area contributed by atoms with E-state index in [1.54, 1.807) is 24.4 Å². The highest BCUT2D eigenvalue weighted by atomic mass is 79.9. The Morgan fingerprint density at radius 3 is 2.71 bits per heavy atom. The van der Waals surface area contributed by atoms with Crippen molar-refractivity contribution in [1.82, 2.24) is 4.98 Å². The van der Waals surface area contributed by atoms with Crippen LogP contribution in [0.4, 0.5) is 11.4 Å². The molecule has 0 aliphatic rings. The normalized spacial score (nSPS) is 11.5. The smallest absolute Gasteiger partial charge is 0.284 e. The van der Waals surface area contributed by atoms with E-state index in [9.17, 15) is 10.1 Å². The van der Waals surface area contributed by atoms with Crippen LogP contribution in [0.1, 0.15) is 5.56 Å². The standard InChI is InChI=1S/C24H14BrN3O3/c25-20-10-8-15(12-22(20)28(29)30)14-26-17-9-11-21-23(13-17)31-24(27-21)19-7-3-5-16-4-1-2-6-18(16)19/h1-14H. The van der Waals surface area contributed by atoms with Crippen LogP contribution in [-0.2, 0) is 0 Å². The van der Waals surface area contributed by atoms with Gasteiger partial charge in [0.25, 0.3) is 5.69 Å². The predicted octanol–water partition coefficient (Wildman–Crippen LogP) is 7.07. The number of aromatic nitrogens is 1. The number of fused-ring (bicyclic) bond motifs is 2. The molecule has 0 N–H and O–H groups in total. The molecule has 5 rings (SSSR count). The topological polar surface area (TPSA) is 81.5 Å². The highest BCUT2D eigenvalue weighted by Crippen LogP contribution is 2.32. The van der Waals surface area contributed by atoms with Gasteiger partial charge in [0.1, 0.15) is 5.52 Å². The molecule has 4 aromatic carbocycles. The van der Waals surface area contributed by atoms with Gasteiger partial charge in [-0.1, -0.05) is 42.5 Å². The third-order valence-corrected chi connectivity index (χ3v) is 5.59. The molecular formula is C24H14BrN3O3. The first-order valence-electron chi connectivity index (χ1n) is 9.45. The molecule has 1 heterocycles. The quantitative estimate of drug-likeness (QED) is 0.159. The van der Waals surface area contributed by atoms with Crippen LogP contribution in [0, 0.1) is 10.1 Å². The van der Waals surface area contributed by atoms with Crippen LogP contribution in [0.3, 0.4) is 0 Å². The molecule has 0 saturated heterocycles. The summed E-state index contributed by atoms with van der Waals surface area (Å²) in [5, 5.41) is 13.3. The van der Waals surface area contributed by atoms with E-state index < -0.39 is 4.92 Å². The summed E-state index contributed by atoms with van der Waals surface area (Å²) in [4.78, 5) is 19.7. The molecule has 0 aliphatic heterocycles. The fourth-order valence-electron chi connectivity index (χ4n) is 3.42. The van der Waals surface area contributed by atoms with Crippen molar-refractivity contribution in [1.29, 1.82) is 0 Å². The maximum atomic E-state index is 11.1. The number of nitro groups is 1. The summed E-state index contributed by atoms with van der Waals surface area (Å²) in [7, 11) is 0. The van der Waals surface area contributed by atoms with E-state index in [0.29, 0.717) is 27.2 Å². The zero-order valence-electron chi connectivity index (χ0n) is 16.0. The number of rotatable bonds is 4. The van der Waals surface area contributed by atoms with Crippen molar-refractivity contribution in [2.45, 2.75) is 0 Å². The molecule has 5 aromatic rings. The first-order valence-corrected chi connectivity index (χ1v) is 10.2. The van der Waals surface area contributed by atoms with Crippen molar-refractivity contribution in [3.8, 4) is 11.5 Å². The van der Waals surface area contributed by atoms with Gasteiger partial charge < -0.3 is 4.42 Å². The second-order valence-electron chi connectivity index (χ2n) is 6.92. The number of hydrogen-bond acceptors (Lipinski definition) is 5. The Balaban J connectivity index is 1.50. The largest absolute Gasteiger partial charge is 0.436 e. The molecule has 6 nitrogen and oxygen atoms in total. The highest BCUT2D eigenvalue weighted by molar-refractivity contribution is 9.10. The van der Waals surface area contributed by atoms with Gasteiger partial charge in [-0.25, -0.2) is 4.98 Å². The van der Waals surface area contributed by atoms with Crippen molar-refractivity contribution < 1.29 is 9.34 Å². The molecule has 0 aliphatic carbocycles. The monoisotopic (exact) mass is 471 g/mol. The summed E-state index contributed by atoms with van der Waals surface area (Å²) in [6.07, 6.45) is 1.59. The number of nitrogens with zero attached hydrogens (tertiary/aromatic N) is 3. The van der Waals surface area contributed by atoms with Crippen LogP contribution in [-0.4, -0.2) is 16.1 Å². The molecule has 1 aromatic heterocycles. The maximum absolute atomic E-state index is 11.1. The molecule has 0 amide bonds. The lowest BCUT2D eigenvalue weighted by Gasteiger charge is -2.01. The van der Waals surface area contributed by atoms with Gasteiger partial charge in [-0.15, -0.1) is 0 Å². The fourth-order valence-corrected chi connectivity index (χ4v) is 3.81. The number of halogens is 1. The second-order valence-corrected chi connectivity index (χ2v) is 7.78. The summed E-state index contributed by atoms with van der Waals surface area (Å²) >= 11 is 3.19. The van der Waals surface area contributed by atoms with Gasteiger partial charge in [-0.2, -0.15) is 0 Å². The maximum Gasteiger partial charge on any atom is 0.284 e. The Bertz CT molecular complexity index is 1490. The van der Waals surface area contributed by atoms with Crippen LogP contribution in [0.5, 0.6) is 0 Å². The van der Waals surface area contributed by atoms with Gasteiger partial charge in [0.15, 0.2) is 5.58 Å². The van der Waals surface area contributed by atoms with E-state index in [4.69, 9.17) is 4.42 Å². The van der Waals surface area contributed by atoms with Gasteiger partial charge in [-0.05, 0) is 56.5 Å². The average Bonchev–Trinajstić information content (AvgIpc) is 3.21. The Kier molecular flexibility index (Phi) is 4.80. The molecule has 0 atom stereocenters. The first kappa shape index (κ1) is 19.1. The van der Waals surface area contributed by atoms with Gasteiger partial charge >= 0.3 is 0 Å². The average molecular weight is 472 g/mol. The lowest BCUT2D eigenvalue weighted by atomic mass is 10.0. The van der Waals surface area contributed by atoms with Crippen LogP contribution in [0.25, 0.3) is 33.3 Å². The second kappa shape index (κ2) is 7.77. The van der Waals surface area contributed by atoms with Gasteiger partial charge in [0.05, 0.1) is 15.1 Å². The summed E-state index contributed by atoms with van der Waals surface area (Å²) in [5.74, 6) is 0.552. The van der Waals surface area contributed by atoms with Gasteiger partial charge in [0, 0.05) is 23.9 Å². The minimum absolute atomic E-state index is 0.00522. The molecule has 0 radical (unpaired) electrons. The van der Waals surface area contributed by atoms with Crippen molar-refractivity contribution in [2.24, 2.45) is 4.99 Å². The number of aliphatic imine (C=N–C) groups is 1. The Labute approximate surface area is 185 Å². The molecule has 7 heteroatoms. The zero-order valence-corrected chi connectivity index (χ0v) is 17.6. The summed E-state index contributed by atoms with van der Waals surface area (Å²) in [6.45, 7) is 0. The Hall–Kier alpha value is -3.84. The Morgan fingerprint density at radius 2 is 1.84 bits per heavy atom. The van der Waals surface area contributed by atoms with Gasteiger partial charge in [-0.3, -0.25) is 15.1 Å². The molecule has 0 bridgehead atoms. The number of nitro benzene ring substituents is 1. The van der Waals surface area contributed by atoms with Crippen LogP contribution in [0.2, 0.25) is 0 Å². The molecule has 150 valence electrons. The molecule has 0 fully saturated rings. The molecular weight excluding hydrogens is 458 g/mol. The van der Waals surface area contributed by atoms with Crippen LogP contribution in [0.15, 0.2) is 92.7 Å². The molecule has 31 heavy (non-hydrogen) atoms. The predicted molar refractivity (Wildman–Crippen MR) is 125 cm³/mol. The first-order chi connectivity index (χ1) is 15.1. The fraction of sp³-hybridized carbons (Fsp3) is 0. The lowest BCUT2D eigenvalue weighted by molar-refractivity contribution is -0.385. The molecule has 0 spiro atoms. The SMILES string of the molecule is O=[N+]([O-])c1cc(C=Nc2ccc3nc(-c4cccc5ccccc45)oc3c2)ccc1Br. The molecule has 0 unspecified atom stereocenters. The van der Waals surface area contributed by atoms with E-state index in [0.717, 1.165) is 21.9 Å². The summed E-state index contributed by atoms with van der Waals surface area (Å²) in [6, 6.07) is 24.5. The minimum Gasteiger partial charge on any atom is -0.436 e. The third kappa shape index (κ3) is 3.71. The Morgan fingerprint density at radius 1 is 1.00 bits per heavy atom. The minimum atomic E-state index is -0.434. The van der Waals surface area contributed by atoms with E-state index >= 15 is 0 Å². The van der Waals surface area contributed by atoms with E-state index in [1.807, 2.05) is 42.5 Å². The number of hydrogen-bond donors (Lipinski definition) is 0. The highest BCUT2D eigenvalue weighted by Gasteiger charge is 2.13.